The summed E-state index contributed by atoms with van der Waals surface area (Å²) in [6.45, 7) is 8.40. The molecule has 0 amide bonds. The minimum Gasteiger partial charge on any atom is -0.437 e. The first-order valence-electron chi connectivity index (χ1n) is 5.76. The lowest BCUT2D eigenvalue weighted by Crippen LogP contribution is -2.38. The van der Waals surface area contributed by atoms with Crippen LogP contribution in [-0.4, -0.2) is 16.3 Å². The molecule has 0 bridgehead atoms. The van der Waals surface area contributed by atoms with Crippen LogP contribution in [0.4, 0.5) is 0 Å². The van der Waals surface area contributed by atoms with E-state index < -0.39 is 0 Å². The van der Waals surface area contributed by atoms with Crippen LogP contribution in [0.15, 0.2) is 9.64 Å². The number of hydrogen-bond acceptors (Lipinski definition) is 4. The van der Waals surface area contributed by atoms with Crippen LogP contribution < -0.4 is 5.73 Å². The highest BCUT2D eigenvalue weighted by Gasteiger charge is 2.40. The summed E-state index contributed by atoms with van der Waals surface area (Å²) in [6.07, 6.45) is 2.34. The Balaban J connectivity index is 2.06. The molecule has 2 rings (SSSR count). The summed E-state index contributed by atoms with van der Waals surface area (Å²) >= 11 is 1.69. The fraction of sp³-hybridized carbons (Fsp3) is 0.750. The molecule has 3 nitrogen and oxygen atoms in total. The largest absolute Gasteiger partial charge is 0.437 e. The second kappa shape index (κ2) is 4.08. The molecule has 0 aliphatic heterocycles. The van der Waals surface area contributed by atoms with Crippen molar-refractivity contribution >= 4 is 11.8 Å². The molecule has 1 fully saturated rings. The predicted molar refractivity (Wildman–Crippen MR) is 66.6 cm³/mol. The Morgan fingerprint density at radius 2 is 2.12 bits per heavy atom. The minimum atomic E-state index is 0.227. The first-order valence-corrected chi connectivity index (χ1v) is 6.64. The number of rotatable bonds is 2. The van der Waals surface area contributed by atoms with E-state index in [1.165, 1.54) is 6.42 Å². The van der Waals surface area contributed by atoms with Gasteiger partial charge in [0.1, 0.15) is 5.76 Å². The predicted octanol–water partition coefficient (Wildman–Crippen LogP) is 2.90. The van der Waals surface area contributed by atoms with Crippen LogP contribution in [0.2, 0.25) is 0 Å². The molecule has 2 atom stereocenters. The number of nitrogens with two attached hydrogens (primary N) is 1. The first-order chi connectivity index (χ1) is 7.40. The zero-order chi connectivity index (χ0) is 11.9. The molecule has 1 aromatic heterocycles. The first kappa shape index (κ1) is 12.0. The van der Waals surface area contributed by atoms with Gasteiger partial charge in [-0.2, -0.15) is 0 Å². The molecule has 1 saturated carbocycles. The monoisotopic (exact) mass is 240 g/mol. The molecule has 1 heterocycles. The van der Waals surface area contributed by atoms with Gasteiger partial charge in [-0.1, -0.05) is 25.6 Å². The molecule has 16 heavy (non-hydrogen) atoms. The van der Waals surface area contributed by atoms with Crippen molar-refractivity contribution in [2.45, 2.75) is 57.1 Å². The van der Waals surface area contributed by atoms with Gasteiger partial charge in [0, 0.05) is 11.3 Å². The van der Waals surface area contributed by atoms with Crippen molar-refractivity contribution in [1.82, 2.24) is 4.98 Å². The maximum Gasteiger partial charge on any atom is 0.256 e. The van der Waals surface area contributed by atoms with Gasteiger partial charge >= 0.3 is 0 Å². The van der Waals surface area contributed by atoms with Gasteiger partial charge < -0.3 is 10.2 Å². The molecule has 2 unspecified atom stereocenters. The lowest BCUT2D eigenvalue weighted by molar-refractivity contribution is 0.334. The Morgan fingerprint density at radius 1 is 1.44 bits per heavy atom. The van der Waals surface area contributed by atoms with Crippen molar-refractivity contribution in [2.24, 2.45) is 11.1 Å². The highest BCUT2D eigenvalue weighted by molar-refractivity contribution is 7.99. The molecule has 1 aliphatic carbocycles. The van der Waals surface area contributed by atoms with E-state index in [4.69, 9.17) is 10.2 Å². The summed E-state index contributed by atoms with van der Waals surface area (Å²) in [7, 11) is 0. The number of aromatic nitrogens is 1. The summed E-state index contributed by atoms with van der Waals surface area (Å²) in [5.74, 6) is 0.910. The van der Waals surface area contributed by atoms with E-state index in [9.17, 15) is 0 Å². The van der Waals surface area contributed by atoms with Gasteiger partial charge in [0.25, 0.3) is 5.22 Å². The number of hydrogen-bond donors (Lipinski definition) is 1. The Labute approximate surface area is 101 Å². The van der Waals surface area contributed by atoms with Gasteiger partial charge in [-0.3, -0.25) is 0 Å². The minimum absolute atomic E-state index is 0.227. The lowest BCUT2D eigenvalue weighted by atomic mass is 9.88. The summed E-state index contributed by atoms with van der Waals surface area (Å²) in [4.78, 5) is 4.40. The van der Waals surface area contributed by atoms with Crippen LogP contribution in [0, 0.1) is 19.3 Å². The van der Waals surface area contributed by atoms with E-state index in [2.05, 4.69) is 18.8 Å². The van der Waals surface area contributed by atoms with Gasteiger partial charge in [0.2, 0.25) is 0 Å². The van der Waals surface area contributed by atoms with Gasteiger partial charge in [-0.15, -0.1) is 0 Å². The molecular formula is C12H20N2OS. The molecule has 4 heteroatoms. The topological polar surface area (TPSA) is 52.0 Å². The van der Waals surface area contributed by atoms with Crippen LogP contribution in [0.5, 0.6) is 0 Å². The van der Waals surface area contributed by atoms with Crippen LogP contribution in [0.1, 0.15) is 38.1 Å². The van der Waals surface area contributed by atoms with Crippen molar-refractivity contribution in [3.05, 3.63) is 11.5 Å². The van der Waals surface area contributed by atoms with E-state index >= 15 is 0 Å². The third-order valence-corrected chi connectivity index (χ3v) is 4.85. The Hall–Kier alpha value is -0.480. The molecule has 0 aromatic carbocycles. The summed E-state index contributed by atoms with van der Waals surface area (Å²) in [5.41, 5.74) is 7.48. The van der Waals surface area contributed by atoms with Gasteiger partial charge in [-0.25, -0.2) is 4.98 Å². The van der Waals surface area contributed by atoms with Crippen LogP contribution in [-0.2, 0) is 0 Å². The Bertz CT molecular complexity index is 367. The molecular weight excluding hydrogens is 220 g/mol. The average Bonchev–Trinajstić information content (AvgIpc) is 2.62. The molecule has 0 radical (unpaired) electrons. The fourth-order valence-corrected chi connectivity index (χ4v) is 3.49. The van der Waals surface area contributed by atoms with E-state index in [-0.39, 0.29) is 11.5 Å². The Morgan fingerprint density at radius 3 is 2.56 bits per heavy atom. The summed E-state index contributed by atoms with van der Waals surface area (Å²) < 4.78 is 5.59. The standard InChI is InChI=1S/C12H20N2OS/c1-7-8(2)15-11(14-7)16-9-5-6-12(3,4)10(9)13/h9-10H,5-6,13H2,1-4H3. The van der Waals surface area contributed by atoms with Crippen LogP contribution in [0.25, 0.3) is 0 Å². The van der Waals surface area contributed by atoms with Crippen molar-refractivity contribution in [3.63, 3.8) is 0 Å². The number of aryl methyl sites for hydroxylation is 2. The van der Waals surface area contributed by atoms with E-state index in [1.807, 2.05) is 13.8 Å². The van der Waals surface area contributed by atoms with Gasteiger partial charge in [0.05, 0.1) is 5.69 Å². The van der Waals surface area contributed by atoms with Crippen molar-refractivity contribution in [3.8, 4) is 0 Å². The van der Waals surface area contributed by atoms with Crippen molar-refractivity contribution in [1.29, 1.82) is 0 Å². The average molecular weight is 240 g/mol. The molecule has 1 aromatic rings. The smallest absolute Gasteiger partial charge is 0.256 e. The quantitative estimate of drug-likeness (QED) is 0.863. The fourth-order valence-electron chi connectivity index (χ4n) is 2.12. The number of nitrogens with zero attached hydrogens (tertiary/aromatic N) is 1. The normalized spacial score (nSPS) is 28.6. The third-order valence-electron chi connectivity index (χ3n) is 3.64. The summed E-state index contributed by atoms with van der Waals surface area (Å²) in [6, 6.07) is 0.227. The molecule has 90 valence electrons. The number of thioether (sulfide) groups is 1. The maximum absolute atomic E-state index is 6.26. The maximum atomic E-state index is 6.26. The highest BCUT2D eigenvalue weighted by Crippen LogP contribution is 2.43. The van der Waals surface area contributed by atoms with Gasteiger partial charge in [0.15, 0.2) is 0 Å². The van der Waals surface area contributed by atoms with Crippen molar-refractivity contribution in [2.75, 3.05) is 0 Å². The Kier molecular flexibility index (Phi) is 3.05. The van der Waals surface area contributed by atoms with Crippen LogP contribution >= 0.6 is 11.8 Å². The molecule has 0 spiro atoms. The lowest BCUT2D eigenvalue weighted by Gasteiger charge is -2.25. The van der Waals surface area contributed by atoms with Crippen molar-refractivity contribution < 1.29 is 4.42 Å². The second-order valence-electron chi connectivity index (χ2n) is 5.33. The van der Waals surface area contributed by atoms with E-state index in [1.54, 1.807) is 11.8 Å². The highest BCUT2D eigenvalue weighted by atomic mass is 32.2. The third kappa shape index (κ3) is 2.13. The summed E-state index contributed by atoms with van der Waals surface area (Å²) in [5, 5.41) is 1.21. The molecule has 2 N–H and O–H groups in total. The van der Waals surface area contributed by atoms with E-state index in [0.29, 0.717) is 5.25 Å². The molecule has 1 aliphatic rings. The van der Waals surface area contributed by atoms with E-state index in [0.717, 1.165) is 23.1 Å². The van der Waals surface area contributed by atoms with Gasteiger partial charge in [-0.05, 0) is 32.1 Å². The zero-order valence-corrected chi connectivity index (χ0v) is 11.2. The SMILES string of the molecule is Cc1nc(SC2CCC(C)(C)C2N)oc1C. The van der Waals surface area contributed by atoms with Crippen LogP contribution in [0.3, 0.4) is 0 Å². The number of oxazole rings is 1. The zero-order valence-electron chi connectivity index (χ0n) is 10.4. The second-order valence-corrected chi connectivity index (χ2v) is 6.52. The molecule has 0 saturated heterocycles.